The number of rotatable bonds is 9. The SMILES string of the molecule is CCc1ccc2nc(N(CCCn3ccnc3)C(=O)Cc3ccc(OC)cc3)sc2c1. The van der Waals surface area contributed by atoms with Crippen LogP contribution in [0.3, 0.4) is 0 Å². The molecule has 160 valence electrons. The molecule has 31 heavy (non-hydrogen) atoms. The van der Waals surface area contributed by atoms with Crippen molar-refractivity contribution < 1.29 is 9.53 Å². The Bertz CT molecular complexity index is 1140. The van der Waals surface area contributed by atoms with Gasteiger partial charge in [-0.15, -0.1) is 0 Å². The summed E-state index contributed by atoms with van der Waals surface area (Å²) in [6.45, 7) is 3.55. The second-order valence-electron chi connectivity index (χ2n) is 7.38. The first-order valence-corrected chi connectivity index (χ1v) is 11.3. The number of carbonyl (C=O) groups is 1. The van der Waals surface area contributed by atoms with Crippen LogP contribution in [-0.2, 0) is 24.2 Å². The number of aryl methyl sites for hydroxylation is 2. The van der Waals surface area contributed by atoms with Gasteiger partial charge in [-0.25, -0.2) is 9.97 Å². The quantitative estimate of drug-likeness (QED) is 0.382. The van der Waals surface area contributed by atoms with E-state index in [0.717, 1.165) is 46.0 Å². The van der Waals surface area contributed by atoms with Gasteiger partial charge in [0.15, 0.2) is 5.13 Å². The summed E-state index contributed by atoms with van der Waals surface area (Å²) in [5.74, 6) is 0.830. The molecule has 2 aromatic heterocycles. The predicted molar refractivity (Wildman–Crippen MR) is 125 cm³/mol. The fourth-order valence-corrected chi connectivity index (χ4v) is 4.54. The van der Waals surface area contributed by atoms with Gasteiger partial charge in [0.25, 0.3) is 0 Å². The minimum atomic E-state index is 0.0468. The van der Waals surface area contributed by atoms with Crippen molar-refractivity contribution in [1.82, 2.24) is 14.5 Å². The summed E-state index contributed by atoms with van der Waals surface area (Å²) < 4.78 is 8.36. The molecule has 0 radical (unpaired) electrons. The average Bonchev–Trinajstić information content (AvgIpc) is 3.46. The molecule has 0 atom stereocenters. The molecule has 2 heterocycles. The number of benzene rings is 2. The monoisotopic (exact) mass is 434 g/mol. The molecule has 0 aliphatic heterocycles. The molecule has 7 heteroatoms. The number of aromatic nitrogens is 3. The molecule has 1 amide bonds. The molecule has 4 aromatic rings. The lowest BCUT2D eigenvalue weighted by molar-refractivity contribution is -0.118. The molecule has 4 rings (SSSR count). The Morgan fingerprint density at radius 2 is 1.97 bits per heavy atom. The van der Waals surface area contributed by atoms with Crippen LogP contribution >= 0.6 is 11.3 Å². The van der Waals surface area contributed by atoms with E-state index in [1.165, 1.54) is 5.56 Å². The number of imidazole rings is 1. The van der Waals surface area contributed by atoms with Gasteiger partial charge in [-0.2, -0.15) is 0 Å². The fraction of sp³-hybridized carbons (Fsp3) is 0.292. The van der Waals surface area contributed by atoms with E-state index < -0.39 is 0 Å². The highest BCUT2D eigenvalue weighted by Crippen LogP contribution is 2.30. The number of carbonyl (C=O) groups excluding carboxylic acids is 1. The van der Waals surface area contributed by atoms with Crippen LogP contribution in [0.2, 0.25) is 0 Å². The van der Waals surface area contributed by atoms with E-state index in [-0.39, 0.29) is 5.91 Å². The Morgan fingerprint density at radius 1 is 1.16 bits per heavy atom. The number of hydrogen-bond acceptors (Lipinski definition) is 5. The number of amides is 1. The first-order valence-electron chi connectivity index (χ1n) is 10.4. The number of hydrogen-bond donors (Lipinski definition) is 0. The largest absolute Gasteiger partial charge is 0.497 e. The molecule has 0 spiro atoms. The normalized spacial score (nSPS) is 11.0. The van der Waals surface area contributed by atoms with Crippen LogP contribution < -0.4 is 9.64 Å². The molecule has 0 N–H and O–H groups in total. The molecule has 6 nitrogen and oxygen atoms in total. The summed E-state index contributed by atoms with van der Waals surface area (Å²) in [6.07, 6.45) is 7.63. The number of anilines is 1. The highest BCUT2D eigenvalue weighted by molar-refractivity contribution is 7.22. The van der Waals surface area contributed by atoms with Crippen LogP contribution in [0.25, 0.3) is 10.2 Å². The van der Waals surface area contributed by atoms with Crippen LogP contribution in [0.15, 0.2) is 61.2 Å². The van der Waals surface area contributed by atoms with Gasteiger partial charge in [0, 0.05) is 25.5 Å². The van der Waals surface area contributed by atoms with Crippen molar-refractivity contribution >= 4 is 32.6 Å². The Morgan fingerprint density at radius 3 is 2.68 bits per heavy atom. The summed E-state index contributed by atoms with van der Waals surface area (Å²) in [5, 5.41) is 0.757. The maximum Gasteiger partial charge on any atom is 0.233 e. The van der Waals surface area contributed by atoms with Crippen molar-refractivity contribution in [3.8, 4) is 5.75 Å². The van der Waals surface area contributed by atoms with Crippen LogP contribution in [0.1, 0.15) is 24.5 Å². The molecule has 2 aromatic carbocycles. The maximum atomic E-state index is 13.3. The summed E-state index contributed by atoms with van der Waals surface area (Å²) in [7, 11) is 1.64. The van der Waals surface area contributed by atoms with Gasteiger partial charge in [0.05, 0.1) is 30.1 Å². The average molecular weight is 435 g/mol. The Balaban J connectivity index is 1.55. The minimum Gasteiger partial charge on any atom is -0.497 e. The number of ether oxygens (including phenoxy) is 1. The van der Waals surface area contributed by atoms with Crippen molar-refractivity contribution in [3.05, 3.63) is 72.3 Å². The molecule has 0 saturated heterocycles. The highest BCUT2D eigenvalue weighted by atomic mass is 32.1. The van der Waals surface area contributed by atoms with Crippen LogP contribution in [0.5, 0.6) is 5.75 Å². The smallest absolute Gasteiger partial charge is 0.233 e. The summed E-state index contributed by atoms with van der Waals surface area (Å²) >= 11 is 1.58. The molecule has 0 saturated carbocycles. The van der Waals surface area contributed by atoms with Crippen LogP contribution in [-0.4, -0.2) is 34.1 Å². The number of thiazole rings is 1. The predicted octanol–water partition coefficient (Wildman–Crippen LogP) is 4.73. The molecule has 0 aliphatic rings. The minimum absolute atomic E-state index is 0.0468. The van der Waals surface area contributed by atoms with Crippen LogP contribution in [0.4, 0.5) is 5.13 Å². The maximum absolute atomic E-state index is 13.3. The second-order valence-corrected chi connectivity index (χ2v) is 8.39. The van der Waals surface area contributed by atoms with Gasteiger partial charge in [-0.3, -0.25) is 9.69 Å². The van der Waals surface area contributed by atoms with E-state index in [4.69, 9.17) is 9.72 Å². The topological polar surface area (TPSA) is 60.2 Å². The second kappa shape index (κ2) is 9.75. The number of methoxy groups -OCH3 is 1. The zero-order chi connectivity index (χ0) is 21.6. The van der Waals surface area contributed by atoms with E-state index in [0.29, 0.717) is 13.0 Å². The lowest BCUT2D eigenvalue weighted by Crippen LogP contribution is -2.33. The molecule has 0 fully saturated rings. The van der Waals surface area contributed by atoms with Gasteiger partial charge in [0.1, 0.15) is 5.75 Å². The molecular formula is C24H26N4O2S. The van der Waals surface area contributed by atoms with Crippen LogP contribution in [0, 0.1) is 0 Å². The van der Waals surface area contributed by atoms with Crippen molar-refractivity contribution in [2.24, 2.45) is 0 Å². The van der Waals surface area contributed by atoms with E-state index in [1.54, 1.807) is 31.0 Å². The third-order valence-electron chi connectivity index (χ3n) is 5.25. The van der Waals surface area contributed by atoms with Crippen molar-refractivity contribution in [2.75, 3.05) is 18.6 Å². The Labute approximate surface area is 186 Å². The lowest BCUT2D eigenvalue weighted by atomic mass is 10.1. The van der Waals surface area contributed by atoms with Crippen molar-refractivity contribution in [1.29, 1.82) is 0 Å². The van der Waals surface area contributed by atoms with E-state index >= 15 is 0 Å². The highest BCUT2D eigenvalue weighted by Gasteiger charge is 2.20. The third kappa shape index (κ3) is 5.11. The summed E-state index contributed by atoms with van der Waals surface area (Å²) in [6, 6.07) is 14.0. The molecule has 0 aliphatic carbocycles. The zero-order valence-electron chi connectivity index (χ0n) is 17.8. The fourth-order valence-electron chi connectivity index (χ4n) is 3.46. The zero-order valence-corrected chi connectivity index (χ0v) is 18.6. The summed E-state index contributed by atoms with van der Waals surface area (Å²) in [5.41, 5.74) is 3.17. The summed E-state index contributed by atoms with van der Waals surface area (Å²) in [4.78, 5) is 24.0. The number of nitrogens with zero attached hydrogens (tertiary/aromatic N) is 4. The first kappa shape index (κ1) is 21.1. The van der Waals surface area contributed by atoms with Gasteiger partial charge in [-0.1, -0.05) is 36.5 Å². The lowest BCUT2D eigenvalue weighted by Gasteiger charge is -2.20. The van der Waals surface area contributed by atoms with Crippen molar-refractivity contribution in [2.45, 2.75) is 32.7 Å². The molecule has 0 unspecified atom stereocenters. The third-order valence-corrected chi connectivity index (χ3v) is 6.29. The van der Waals surface area contributed by atoms with Gasteiger partial charge in [0.2, 0.25) is 5.91 Å². The molecular weight excluding hydrogens is 408 g/mol. The first-order chi connectivity index (χ1) is 15.2. The van der Waals surface area contributed by atoms with Gasteiger partial charge >= 0.3 is 0 Å². The Hall–Kier alpha value is -3.19. The Kier molecular flexibility index (Phi) is 6.62. The standard InChI is InChI=1S/C24H26N4O2S/c1-3-18-7-10-21-22(15-18)31-24(26-21)28(13-4-12-27-14-11-25-17-27)23(29)16-19-5-8-20(30-2)9-6-19/h5-11,14-15,17H,3-4,12-13,16H2,1-2H3. The van der Waals surface area contributed by atoms with Gasteiger partial charge in [-0.05, 0) is 48.2 Å². The van der Waals surface area contributed by atoms with E-state index in [1.807, 2.05) is 46.0 Å². The van der Waals surface area contributed by atoms with E-state index in [9.17, 15) is 4.79 Å². The molecule has 0 bridgehead atoms. The van der Waals surface area contributed by atoms with Crippen molar-refractivity contribution in [3.63, 3.8) is 0 Å². The van der Waals surface area contributed by atoms with Gasteiger partial charge < -0.3 is 9.30 Å². The van der Waals surface area contributed by atoms with E-state index in [2.05, 4.69) is 24.0 Å². The number of fused-ring (bicyclic) bond motifs is 1.